The fourth-order valence-corrected chi connectivity index (χ4v) is 4.34. The number of nitrogens with one attached hydrogen (secondary N) is 1. The molecule has 128 valence electrons. The summed E-state index contributed by atoms with van der Waals surface area (Å²) in [4.78, 5) is 22.4. The van der Waals surface area contributed by atoms with Crippen LogP contribution >= 0.6 is 11.8 Å². The molecule has 0 radical (unpaired) electrons. The topological polar surface area (TPSA) is 49.0 Å². The molecule has 25 heavy (non-hydrogen) atoms. The first-order valence-electron chi connectivity index (χ1n) is 8.63. The molecule has 3 aromatic rings. The second kappa shape index (κ2) is 6.92. The average molecular weight is 351 g/mol. The molecule has 4 nitrogen and oxygen atoms in total. The van der Waals surface area contributed by atoms with Crippen LogP contribution in [0.3, 0.4) is 0 Å². The first-order valence-corrected chi connectivity index (χ1v) is 9.62. The van der Waals surface area contributed by atoms with Gasteiger partial charge in [-0.05, 0) is 42.5 Å². The van der Waals surface area contributed by atoms with E-state index in [4.69, 9.17) is 0 Å². The number of para-hydroxylation sites is 2. The van der Waals surface area contributed by atoms with Crippen LogP contribution in [0.4, 0.5) is 0 Å². The normalized spacial score (nSPS) is 16.6. The lowest BCUT2D eigenvalue weighted by Crippen LogP contribution is -2.34. The second-order valence-electron chi connectivity index (χ2n) is 6.46. The highest BCUT2D eigenvalue weighted by molar-refractivity contribution is 7.99. The third kappa shape index (κ3) is 3.29. The third-order valence-electron chi connectivity index (χ3n) is 4.90. The summed E-state index contributed by atoms with van der Waals surface area (Å²) in [5.41, 5.74) is 4.63. The number of aryl methyl sites for hydroxylation is 1. The fourth-order valence-electron chi connectivity index (χ4n) is 3.53. The number of hydrogen-bond donors (Lipinski definition) is 1. The number of amides is 1. The number of carbonyl (C=O) groups excluding carboxylic acids is 1. The van der Waals surface area contributed by atoms with E-state index in [0.717, 1.165) is 35.5 Å². The Bertz CT molecular complexity index is 872. The predicted octanol–water partition coefficient (Wildman–Crippen LogP) is 4.19. The van der Waals surface area contributed by atoms with Crippen LogP contribution in [0.5, 0.6) is 0 Å². The van der Waals surface area contributed by atoms with Crippen LogP contribution in [0.15, 0.2) is 53.7 Å². The van der Waals surface area contributed by atoms with Crippen LogP contribution < -0.4 is 0 Å². The Morgan fingerprint density at radius 3 is 2.92 bits per heavy atom. The van der Waals surface area contributed by atoms with Gasteiger partial charge in [0.15, 0.2) is 5.16 Å². The molecule has 5 heteroatoms. The van der Waals surface area contributed by atoms with Crippen molar-refractivity contribution in [1.29, 1.82) is 0 Å². The Labute approximate surface area is 151 Å². The highest BCUT2D eigenvalue weighted by atomic mass is 32.2. The van der Waals surface area contributed by atoms with Gasteiger partial charge in [0, 0.05) is 7.05 Å². The number of thioether (sulfide) groups is 1. The minimum Gasteiger partial charge on any atom is -0.338 e. The molecule has 1 aliphatic rings. The molecule has 2 aromatic carbocycles. The van der Waals surface area contributed by atoms with Crippen molar-refractivity contribution in [1.82, 2.24) is 14.9 Å². The lowest BCUT2D eigenvalue weighted by molar-refractivity contribution is -0.129. The van der Waals surface area contributed by atoms with Gasteiger partial charge in [-0.2, -0.15) is 0 Å². The number of fused-ring (bicyclic) bond motifs is 2. The lowest BCUT2D eigenvalue weighted by Gasteiger charge is -2.33. The Morgan fingerprint density at radius 1 is 1.24 bits per heavy atom. The van der Waals surface area contributed by atoms with Gasteiger partial charge in [0.1, 0.15) is 0 Å². The minimum absolute atomic E-state index is 0.146. The summed E-state index contributed by atoms with van der Waals surface area (Å²) < 4.78 is 0. The molecular formula is C20H21N3OS. The van der Waals surface area contributed by atoms with E-state index in [1.165, 1.54) is 22.9 Å². The predicted molar refractivity (Wildman–Crippen MR) is 102 cm³/mol. The van der Waals surface area contributed by atoms with Gasteiger partial charge in [-0.15, -0.1) is 0 Å². The molecule has 0 aliphatic heterocycles. The molecule has 1 aliphatic carbocycles. The molecule has 1 N–H and O–H groups in total. The molecule has 1 unspecified atom stereocenters. The van der Waals surface area contributed by atoms with Gasteiger partial charge in [0.2, 0.25) is 5.91 Å². The fraction of sp³-hybridized carbons (Fsp3) is 0.300. The van der Waals surface area contributed by atoms with Gasteiger partial charge in [-0.25, -0.2) is 4.98 Å². The van der Waals surface area contributed by atoms with Crippen LogP contribution in [-0.4, -0.2) is 33.6 Å². The molecule has 1 heterocycles. The Hall–Kier alpha value is -2.27. The summed E-state index contributed by atoms with van der Waals surface area (Å²) in [7, 11) is 1.92. The second-order valence-corrected chi connectivity index (χ2v) is 7.42. The van der Waals surface area contributed by atoms with Gasteiger partial charge < -0.3 is 9.88 Å². The largest absolute Gasteiger partial charge is 0.338 e. The third-order valence-corrected chi connectivity index (χ3v) is 5.76. The summed E-state index contributed by atoms with van der Waals surface area (Å²) >= 11 is 1.47. The highest BCUT2D eigenvalue weighted by Gasteiger charge is 2.26. The summed E-state index contributed by atoms with van der Waals surface area (Å²) in [5.74, 6) is 0.543. The molecule has 1 atom stereocenters. The molecule has 0 saturated carbocycles. The molecule has 0 bridgehead atoms. The first-order chi connectivity index (χ1) is 12.2. The molecule has 1 aromatic heterocycles. The molecular weight excluding hydrogens is 330 g/mol. The molecule has 0 fully saturated rings. The highest BCUT2D eigenvalue weighted by Crippen LogP contribution is 2.34. The van der Waals surface area contributed by atoms with Crippen LogP contribution in [0.25, 0.3) is 11.0 Å². The van der Waals surface area contributed by atoms with Crippen LogP contribution in [0.2, 0.25) is 0 Å². The standard InChI is InChI=1S/C20H21N3OS/c1-23(18-12-6-8-14-7-2-3-9-15(14)18)19(24)13-25-20-21-16-10-4-5-11-17(16)22-20/h2-5,7,9-11,18H,6,8,12-13H2,1H3,(H,21,22). The number of hydrogen-bond acceptors (Lipinski definition) is 3. The molecule has 4 rings (SSSR count). The van der Waals surface area contributed by atoms with E-state index in [1.54, 1.807) is 0 Å². The van der Waals surface area contributed by atoms with Crippen molar-refractivity contribution >= 4 is 28.7 Å². The summed E-state index contributed by atoms with van der Waals surface area (Å²) in [6.45, 7) is 0. The van der Waals surface area contributed by atoms with E-state index >= 15 is 0 Å². The van der Waals surface area contributed by atoms with Crippen molar-refractivity contribution in [2.45, 2.75) is 30.5 Å². The zero-order valence-electron chi connectivity index (χ0n) is 14.2. The Morgan fingerprint density at radius 2 is 2.04 bits per heavy atom. The monoisotopic (exact) mass is 351 g/mol. The van der Waals surface area contributed by atoms with Crippen molar-refractivity contribution in [3.63, 3.8) is 0 Å². The zero-order valence-corrected chi connectivity index (χ0v) is 15.1. The quantitative estimate of drug-likeness (QED) is 0.717. The SMILES string of the molecule is CN(C(=O)CSc1nc2ccccc2[nH]1)C1CCCc2ccccc21. The van der Waals surface area contributed by atoms with Crippen LogP contribution in [-0.2, 0) is 11.2 Å². The minimum atomic E-state index is 0.146. The van der Waals surface area contributed by atoms with Crippen molar-refractivity contribution in [3.8, 4) is 0 Å². The summed E-state index contributed by atoms with van der Waals surface area (Å²) in [6, 6.07) is 16.6. The van der Waals surface area contributed by atoms with Gasteiger partial charge in [0.05, 0.1) is 22.8 Å². The Kier molecular flexibility index (Phi) is 4.49. The van der Waals surface area contributed by atoms with Gasteiger partial charge in [-0.1, -0.05) is 48.2 Å². The van der Waals surface area contributed by atoms with Crippen molar-refractivity contribution in [2.24, 2.45) is 0 Å². The first kappa shape index (κ1) is 16.2. The van der Waals surface area contributed by atoms with E-state index < -0.39 is 0 Å². The lowest BCUT2D eigenvalue weighted by atomic mass is 9.87. The van der Waals surface area contributed by atoms with E-state index in [2.05, 4.69) is 34.2 Å². The molecule has 0 spiro atoms. The Balaban J connectivity index is 1.44. The summed E-state index contributed by atoms with van der Waals surface area (Å²) in [6.07, 6.45) is 3.28. The zero-order chi connectivity index (χ0) is 17.2. The van der Waals surface area contributed by atoms with Gasteiger partial charge in [0.25, 0.3) is 0 Å². The van der Waals surface area contributed by atoms with E-state index in [1.807, 2.05) is 36.2 Å². The number of H-pyrrole nitrogens is 1. The van der Waals surface area contributed by atoms with Crippen molar-refractivity contribution in [2.75, 3.05) is 12.8 Å². The number of imidazole rings is 1. The van der Waals surface area contributed by atoms with Crippen molar-refractivity contribution in [3.05, 3.63) is 59.7 Å². The number of aromatic amines is 1. The maximum absolute atomic E-state index is 12.7. The van der Waals surface area contributed by atoms with Crippen molar-refractivity contribution < 1.29 is 4.79 Å². The molecule has 1 amide bonds. The number of carbonyl (C=O) groups is 1. The smallest absolute Gasteiger partial charge is 0.233 e. The maximum Gasteiger partial charge on any atom is 0.233 e. The molecule has 0 saturated heterocycles. The number of nitrogens with zero attached hydrogens (tertiary/aromatic N) is 2. The maximum atomic E-state index is 12.7. The number of aromatic nitrogens is 2. The summed E-state index contributed by atoms with van der Waals surface area (Å²) in [5, 5.41) is 0.798. The average Bonchev–Trinajstić information content (AvgIpc) is 3.08. The van der Waals surface area contributed by atoms with Crippen LogP contribution in [0.1, 0.15) is 30.0 Å². The van der Waals surface area contributed by atoms with E-state index in [0.29, 0.717) is 5.75 Å². The van der Waals surface area contributed by atoms with Crippen LogP contribution in [0, 0.1) is 0 Å². The number of benzene rings is 2. The number of rotatable bonds is 4. The van der Waals surface area contributed by atoms with Gasteiger partial charge >= 0.3 is 0 Å². The van der Waals surface area contributed by atoms with Gasteiger partial charge in [-0.3, -0.25) is 4.79 Å². The van der Waals surface area contributed by atoms with E-state index in [-0.39, 0.29) is 11.9 Å². The van der Waals surface area contributed by atoms with E-state index in [9.17, 15) is 4.79 Å².